The first-order valence-electron chi connectivity index (χ1n) is 5.46. The first-order valence-corrected chi connectivity index (χ1v) is 6.59. The molecular formula is C13H17BrO. The summed E-state index contributed by atoms with van der Waals surface area (Å²) in [5.41, 5.74) is 2.69. The van der Waals surface area contributed by atoms with Crippen LogP contribution in [0.2, 0.25) is 0 Å². The van der Waals surface area contributed by atoms with Gasteiger partial charge in [-0.15, -0.1) is 0 Å². The molecule has 15 heavy (non-hydrogen) atoms. The average molecular weight is 269 g/mol. The molecule has 0 bridgehead atoms. The van der Waals surface area contributed by atoms with E-state index in [2.05, 4.69) is 41.1 Å². The molecule has 2 rings (SSSR count). The van der Waals surface area contributed by atoms with Crippen LogP contribution in [0.25, 0.3) is 0 Å². The van der Waals surface area contributed by atoms with Crippen molar-refractivity contribution >= 4 is 15.9 Å². The Bertz CT molecular complexity index is 344. The van der Waals surface area contributed by atoms with Crippen LogP contribution in [-0.4, -0.2) is 12.4 Å². The Kier molecular flexibility index (Phi) is 3.35. The second kappa shape index (κ2) is 4.56. The van der Waals surface area contributed by atoms with Gasteiger partial charge in [-0.05, 0) is 37.3 Å². The first kappa shape index (κ1) is 11.0. The summed E-state index contributed by atoms with van der Waals surface area (Å²) < 4.78 is 5.44. The topological polar surface area (TPSA) is 9.23 Å². The molecule has 0 radical (unpaired) electrons. The van der Waals surface area contributed by atoms with E-state index in [0.29, 0.717) is 5.92 Å². The predicted molar refractivity (Wildman–Crippen MR) is 67.0 cm³/mol. The summed E-state index contributed by atoms with van der Waals surface area (Å²) in [5, 5.41) is 1.04. The van der Waals surface area contributed by atoms with Crippen molar-refractivity contribution in [3.8, 4) is 5.75 Å². The second-order valence-electron chi connectivity index (χ2n) is 4.34. The van der Waals surface area contributed by atoms with Crippen molar-refractivity contribution in [3.63, 3.8) is 0 Å². The van der Waals surface area contributed by atoms with Crippen LogP contribution in [0.15, 0.2) is 18.2 Å². The van der Waals surface area contributed by atoms with Crippen molar-refractivity contribution in [2.24, 2.45) is 5.92 Å². The third-order valence-electron chi connectivity index (χ3n) is 3.14. The van der Waals surface area contributed by atoms with E-state index < -0.39 is 0 Å². The summed E-state index contributed by atoms with van der Waals surface area (Å²) in [6, 6.07) is 6.46. The maximum absolute atomic E-state index is 5.44. The number of methoxy groups -OCH3 is 1. The second-order valence-corrected chi connectivity index (χ2v) is 4.99. The van der Waals surface area contributed by atoms with E-state index in [4.69, 9.17) is 4.74 Å². The van der Waals surface area contributed by atoms with Crippen LogP contribution in [0, 0.1) is 12.8 Å². The maximum atomic E-state index is 5.44. The fraction of sp³-hybridized carbons (Fsp3) is 0.538. The molecule has 82 valence electrons. The quantitative estimate of drug-likeness (QED) is 0.753. The van der Waals surface area contributed by atoms with E-state index in [-0.39, 0.29) is 0 Å². The van der Waals surface area contributed by atoms with Crippen molar-refractivity contribution in [1.82, 2.24) is 0 Å². The number of benzene rings is 1. The minimum atomic E-state index is 0.625. The van der Waals surface area contributed by atoms with Gasteiger partial charge >= 0.3 is 0 Å². The molecule has 1 aliphatic carbocycles. The van der Waals surface area contributed by atoms with Crippen LogP contribution in [0.1, 0.15) is 29.9 Å². The van der Waals surface area contributed by atoms with Crippen LogP contribution in [0.5, 0.6) is 5.75 Å². The van der Waals surface area contributed by atoms with Crippen LogP contribution in [-0.2, 0) is 0 Å². The van der Waals surface area contributed by atoms with Gasteiger partial charge in [0, 0.05) is 11.2 Å². The average Bonchev–Trinajstić information content (AvgIpc) is 3.04. The van der Waals surface area contributed by atoms with Gasteiger partial charge in [-0.3, -0.25) is 0 Å². The fourth-order valence-corrected chi connectivity index (χ4v) is 2.98. The molecule has 0 spiro atoms. The van der Waals surface area contributed by atoms with Crippen molar-refractivity contribution in [2.45, 2.75) is 25.7 Å². The SMILES string of the molecule is COc1ccc(C)cc1C(CBr)C1CC1. The lowest BCUT2D eigenvalue weighted by atomic mass is 9.94. The minimum absolute atomic E-state index is 0.625. The number of hydrogen-bond acceptors (Lipinski definition) is 1. The van der Waals surface area contributed by atoms with Crippen LogP contribution < -0.4 is 4.74 Å². The highest BCUT2D eigenvalue weighted by Crippen LogP contribution is 2.46. The van der Waals surface area contributed by atoms with Crippen LogP contribution in [0.4, 0.5) is 0 Å². The molecule has 0 heterocycles. The zero-order valence-corrected chi connectivity index (χ0v) is 10.9. The highest BCUT2D eigenvalue weighted by atomic mass is 79.9. The van der Waals surface area contributed by atoms with Crippen LogP contribution in [0.3, 0.4) is 0 Å². The molecule has 1 fully saturated rings. The summed E-state index contributed by atoms with van der Waals surface area (Å²) in [6.07, 6.45) is 2.74. The molecule has 1 unspecified atom stereocenters. The predicted octanol–water partition coefficient (Wildman–Crippen LogP) is 3.89. The monoisotopic (exact) mass is 268 g/mol. The summed E-state index contributed by atoms with van der Waals surface area (Å²) in [6.45, 7) is 2.14. The Morgan fingerprint density at radius 3 is 2.73 bits per heavy atom. The summed E-state index contributed by atoms with van der Waals surface area (Å²) in [5.74, 6) is 2.52. The van der Waals surface area contributed by atoms with E-state index >= 15 is 0 Å². The maximum Gasteiger partial charge on any atom is 0.122 e. The molecule has 2 heteroatoms. The van der Waals surface area contributed by atoms with Crippen molar-refractivity contribution in [2.75, 3.05) is 12.4 Å². The largest absolute Gasteiger partial charge is 0.496 e. The molecular weight excluding hydrogens is 252 g/mol. The molecule has 1 atom stereocenters. The number of alkyl halides is 1. The summed E-state index contributed by atoms with van der Waals surface area (Å²) >= 11 is 3.63. The van der Waals surface area contributed by atoms with Crippen molar-refractivity contribution < 1.29 is 4.74 Å². The minimum Gasteiger partial charge on any atom is -0.496 e. The van der Waals surface area contributed by atoms with E-state index in [9.17, 15) is 0 Å². The normalized spacial score (nSPS) is 17.5. The van der Waals surface area contributed by atoms with E-state index in [1.165, 1.54) is 24.0 Å². The molecule has 1 saturated carbocycles. The third kappa shape index (κ3) is 2.36. The Morgan fingerprint density at radius 1 is 1.47 bits per heavy atom. The van der Waals surface area contributed by atoms with Gasteiger partial charge in [0.2, 0.25) is 0 Å². The Morgan fingerprint density at radius 2 is 2.20 bits per heavy atom. The van der Waals surface area contributed by atoms with Gasteiger partial charge in [-0.2, -0.15) is 0 Å². The van der Waals surface area contributed by atoms with Gasteiger partial charge in [0.1, 0.15) is 5.75 Å². The number of ether oxygens (including phenoxy) is 1. The van der Waals surface area contributed by atoms with Crippen molar-refractivity contribution in [3.05, 3.63) is 29.3 Å². The molecule has 0 aliphatic heterocycles. The zero-order valence-electron chi connectivity index (χ0n) is 9.29. The molecule has 0 aromatic heterocycles. The Hall–Kier alpha value is -0.500. The molecule has 0 N–H and O–H groups in total. The van der Waals surface area contributed by atoms with Crippen molar-refractivity contribution in [1.29, 1.82) is 0 Å². The number of aryl methyl sites for hydroxylation is 1. The van der Waals surface area contributed by atoms with Gasteiger partial charge in [-0.1, -0.05) is 33.6 Å². The van der Waals surface area contributed by atoms with Gasteiger partial charge < -0.3 is 4.74 Å². The number of halogens is 1. The number of rotatable bonds is 4. The van der Waals surface area contributed by atoms with Gasteiger partial charge in [0.15, 0.2) is 0 Å². The molecule has 1 aromatic rings. The standard InChI is InChI=1S/C13H17BrO/c1-9-3-6-13(15-2)11(7-9)12(8-14)10-4-5-10/h3,6-7,10,12H,4-5,8H2,1-2H3. The fourth-order valence-electron chi connectivity index (χ4n) is 2.11. The smallest absolute Gasteiger partial charge is 0.122 e. The first-order chi connectivity index (χ1) is 7.26. The third-order valence-corrected chi connectivity index (χ3v) is 3.84. The lowest BCUT2D eigenvalue weighted by molar-refractivity contribution is 0.404. The Labute approximate surface area is 100.0 Å². The van der Waals surface area contributed by atoms with Gasteiger partial charge in [-0.25, -0.2) is 0 Å². The van der Waals surface area contributed by atoms with Crippen LogP contribution >= 0.6 is 15.9 Å². The van der Waals surface area contributed by atoms with E-state index in [0.717, 1.165) is 17.0 Å². The number of hydrogen-bond donors (Lipinski definition) is 0. The van der Waals surface area contributed by atoms with E-state index in [1.807, 2.05) is 0 Å². The Balaban J connectivity index is 2.34. The molecule has 1 nitrogen and oxygen atoms in total. The van der Waals surface area contributed by atoms with Gasteiger partial charge in [0.05, 0.1) is 7.11 Å². The molecule has 1 aliphatic rings. The molecule has 1 aromatic carbocycles. The molecule has 0 amide bonds. The molecule has 0 saturated heterocycles. The lowest BCUT2D eigenvalue weighted by Crippen LogP contribution is -2.05. The van der Waals surface area contributed by atoms with E-state index in [1.54, 1.807) is 7.11 Å². The zero-order chi connectivity index (χ0) is 10.8. The highest BCUT2D eigenvalue weighted by molar-refractivity contribution is 9.09. The highest BCUT2D eigenvalue weighted by Gasteiger charge is 2.33. The summed E-state index contributed by atoms with van der Waals surface area (Å²) in [4.78, 5) is 0. The van der Waals surface area contributed by atoms with Gasteiger partial charge in [0.25, 0.3) is 0 Å². The lowest BCUT2D eigenvalue weighted by Gasteiger charge is -2.17. The summed E-state index contributed by atoms with van der Waals surface area (Å²) in [7, 11) is 1.76.